The SMILES string of the molecule is C=CCNC(=O)C(=O)N/N=C\c1cc(Br)ccc1OCc1c(Cl)cccc1Cl. The molecule has 0 saturated carbocycles. The van der Waals surface area contributed by atoms with Crippen LogP contribution in [0.1, 0.15) is 11.1 Å². The number of nitrogens with zero attached hydrogens (tertiary/aromatic N) is 1. The Morgan fingerprint density at radius 3 is 2.57 bits per heavy atom. The van der Waals surface area contributed by atoms with Gasteiger partial charge >= 0.3 is 11.8 Å². The normalized spacial score (nSPS) is 10.5. The Kier molecular flexibility index (Phi) is 8.50. The first kappa shape index (κ1) is 21.9. The van der Waals surface area contributed by atoms with Gasteiger partial charge in [-0.25, -0.2) is 5.43 Å². The Morgan fingerprint density at radius 2 is 1.89 bits per heavy atom. The molecule has 0 aliphatic carbocycles. The smallest absolute Gasteiger partial charge is 0.329 e. The fraction of sp³-hybridized carbons (Fsp3) is 0.105. The molecule has 2 aromatic rings. The zero-order valence-electron chi connectivity index (χ0n) is 14.5. The zero-order chi connectivity index (χ0) is 20.5. The van der Waals surface area contributed by atoms with E-state index >= 15 is 0 Å². The van der Waals surface area contributed by atoms with Gasteiger partial charge < -0.3 is 10.1 Å². The van der Waals surface area contributed by atoms with Gasteiger partial charge in [-0.15, -0.1) is 6.58 Å². The predicted molar refractivity (Wildman–Crippen MR) is 114 cm³/mol. The lowest BCUT2D eigenvalue weighted by Crippen LogP contribution is -2.37. The van der Waals surface area contributed by atoms with E-state index in [0.717, 1.165) is 4.47 Å². The molecule has 0 radical (unpaired) electrons. The Labute approximate surface area is 180 Å². The quantitative estimate of drug-likeness (QED) is 0.269. The van der Waals surface area contributed by atoms with Crippen molar-refractivity contribution in [2.45, 2.75) is 6.61 Å². The van der Waals surface area contributed by atoms with E-state index in [1.54, 1.807) is 36.4 Å². The molecule has 2 N–H and O–H groups in total. The van der Waals surface area contributed by atoms with Gasteiger partial charge in [0.1, 0.15) is 12.4 Å². The third kappa shape index (κ3) is 6.37. The minimum atomic E-state index is -0.890. The Morgan fingerprint density at radius 1 is 1.18 bits per heavy atom. The summed E-state index contributed by atoms with van der Waals surface area (Å²) in [6, 6.07) is 10.5. The van der Waals surface area contributed by atoms with Crippen molar-refractivity contribution >= 4 is 57.2 Å². The van der Waals surface area contributed by atoms with Crippen LogP contribution in [0.3, 0.4) is 0 Å². The molecular formula is C19H16BrCl2N3O3. The molecule has 6 nitrogen and oxygen atoms in total. The second-order valence-electron chi connectivity index (χ2n) is 5.37. The number of hydrogen-bond donors (Lipinski definition) is 2. The van der Waals surface area contributed by atoms with Crippen molar-refractivity contribution in [2.75, 3.05) is 6.54 Å². The Bertz CT molecular complexity index is 899. The number of hydrazone groups is 1. The summed E-state index contributed by atoms with van der Waals surface area (Å²) in [6.45, 7) is 3.79. The first-order chi connectivity index (χ1) is 13.4. The zero-order valence-corrected chi connectivity index (χ0v) is 17.6. The summed E-state index contributed by atoms with van der Waals surface area (Å²) >= 11 is 15.7. The Hall–Kier alpha value is -2.35. The molecule has 0 spiro atoms. The van der Waals surface area contributed by atoms with Crippen LogP contribution in [0.2, 0.25) is 10.0 Å². The van der Waals surface area contributed by atoms with Gasteiger partial charge in [0, 0.05) is 32.2 Å². The summed E-state index contributed by atoms with van der Waals surface area (Å²) in [7, 11) is 0. The second kappa shape index (κ2) is 10.8. The summed E-state index contributed by atoms with van der Waals surface area (Å²) in [4.78, 5) is 23.1. The van der Waals surface area contributed by atoms with Crippen molar-refractivity contribution < 1.29 is 14.3 Å². The molecule has 0 unspecified atom stereocenters. The van der Waals surface area contributed by atoms with Gasteiger partial charge in [0.15, 0.2) is 0 Å². The average molecular weight is 485 g/mol. The summed E-state index contributed by atoms with van der Waals surface area (Å²) in [5.41, 5.74) is 3.38. The number of halogens is 3. The maximum absolute atomic E-state index is 11.6. The highest BCUT2D eigenvalue weighted by atomic mass is 79.9. The first-order valence-electron chi connectivity index (χ1n) is 7.99. The molecule has 28 heavy (non-hydrogen) atoms. The highest BCUT2D eigenvalue weighted by molar-refractivity contribution is 9.10. The topological polar surface area (TPSA) is 79.8 Å². The third-order valence-corrected chi connectivity index (χ3v) is 4.59. The molecule has 0 aromatic heterocycles. The summed E-state index contributed by atoms with van der Waals surface area (Å²) < 4.78 is 6.60. The number of nitrogens with one attached hydrogen (secondary N) is 2. The minimum absolute atomic E-state index is 0.150. The van der Waals surface area contributed by atoms with E-state index in [9.17, 15) is 9.59 Å². The molecule has 0 fully saturated rings. The fourth-order valence-electron chi connectivity index (χ4n) is 2.03. The molecule has 0 atom stereocenters. The van der Waals surface area contributed by atoms with Crippen LogP contribution in [-0.2, 0) is 16.2 Å². The summed E-state index contributed by atoms with van der Waals surface area (Å²) in [5.74, 6) is -1.21. The number of benzene rings is 2. The molecule has 2 rings (SSSR count). The molecule has 2 aromatic carbocycles. The average Bonchev–Trinajstić information content (AvgIpc) is 2.66. The van der Waals surface area contributed by atoms with Crippen LogP contribution in [0.15, 0.2) is 58.6 Å². The molecule has 0 aliphatic rings. The number of amides is 2. The van der Waals surface area contributed by atoms with Crippen molar-refractivity contribution in [2.24, 2.45) is 5.10 Å². The largest absolute Gasteiger partial charge is 0.488 e. The van der Waals surface area contributed by atoms with Crippen molar-refractivity contribution in [3.8, 4) is 5.75 Å². The van der Waals surface area contributed by atoms with E-state index in [4.69, 9.17) is 27.9 Å². The molecule has 146 valence electrons. The van der Waals surface area contributed by atoms with E-state index < -0.39 is 11.8 Å². The third-order valence-electron chi connectivity index (χ3n) is 3.39. The number of ether oxygens (including phenoxy) is 1. The number of carbonyl (C=O) groups excluding carboxylic acids is 2. The fourth-order valence-corrected chi connectivity index (χ4v) is 2.91. The van der Waals surface area contributed by atoms with Crippen molar-refractivity contribution in [1.29, 1.82) is 0 Å². The first-order valence-corrected chi connectivity index (χ1v) is 9.54. The highest BCUT2D eigenvalue weighted by Crippen LogP contribution is 2.27. The molecule has 9 heteroatoms. The minimum Gasteiger partial charge on any atom is -0.488 e. The maximum atomic E-state index is 11.6. The van der Waals surface area contributed by atoms with E-state index in [-0.39, 0.29) is 13.2 Å². The number of rotatable bonds is 7. The van der Waals surface area contributed by atoms with E-state index in [1.165, 1.54) is 12.3 Å². The molecule has 2 amide bonds. The van der Waals surface area contributed by atoms with E-state index in [1.807, 2.05) is 0 Å². The van der Waals surface area contributed by atoms with Gasteiger partial charge in [-0.05, 0) is 30.3 Å². The standard InChI is InChI=1S/C19H16BrCl2N3O3/c1-2-8-23-18(26)19(27)25-24-10-12-9-13(20)6-7-17(12)28-11-14-15(21)4-3-5-16(14)22/h2-7,9-10H,1,8,11H2,(H,23,26)(H,25,27)/b24-10-. The van der Waals surface area contributed by atoms with Gasteiger partial charge in [-0.2, -0.15) is 5.10 Å². The van der Waals surface area contributed by atoms with Gasteiger partial charge in [-0.3, -0.25) is 9.59 Å². The molecule has 0 aliphatic heterocycles. The van der Waals surface area contributed by atoms with Crippen LogP contribution in [0.25, 0.3) is 0 Å². The summed E-state index contributed by atoms with van der Waals surface area (Å²) in [6.07, 6.45) is 2.83. The maximum Gasteiger partial charge on any atom is 0.329 e. The second-order valence-corrected chi connectivity index (χ2v) is 7.10. The predicted octanol–water partition coefficient (Wildman–Crippen LogP) is 4.09. The van der Waals surface area contributed by atoms with E-state index in [0.29, 0.717) is 26.9 Å². The lowest BCUT2D eigenvalue weighted by Gasteiger charge is -2.12. The van der Waals surface area contributed by atoms with Crippen LogP contribution < -0.4 is 15.5 Å². The van der Waals surface area contributed by atoms with Crippen molar-refractivity contribution in [3.63, 3.8) is 0 Å². The van der Waals surface area contributed by atoms with Crippen molar-refractivity contribution in [1.82, 2.24) is 10.7 Å². The lowest BCUT2D eigenvalue weighted by molar-refractivity contribution is -0.139. The monoisotopic (exact) mass is 483 g/mol. The van der Waals surface area contributed by atoms with E-state index in [2.05, 4.69) is 38.4 Å². The van der Waals surface area contributed by atoms with Crippen LogP contribution >= 0.6 is 39.1 Å². The summed E-state index contributed by atoms with van der Waals surface area (Å²) in [5, 5.41) is 7.14. The molecule has 0 saturated heterocycles. The molecular weight excluding hydrogens is 469 g/mol. The Balaban J connectivity index is 2.08. The number of hydrogen-bond acceptors (Lipinski definition) is 4. The lowest BCUT2D eigenvalue weighted by atomic mass is 10.2. The van der Waals surface area contributed by atoms with Crippen molar-refractivity contribution in [3.05, 3.63) is 74.7 Å². The van der Waals surface area contributed by atoms with Crippen LogP contribution in [0, 0.1) is 0 Å². The van der Waals surface area contributed by atoms with Gasteiger partial charge in [0.2, 0.25) is 0 Å². The molecule has 0 heterocycles. The highest BCUT2D eigenvalue weighted by Gasteiger charge is 2.11. The molecule has 0 bridgehead atoms. The van der Waals surface area contributed by atoms with Gasteiger partial charge in [-0.1, -0.05) is 51.3 Å². The number of carbonyl (C=O) groups is 2. The van der Waals surface area contributed by atoms with Gasteiger partial charge in [0.05, 0.1) is 6.21 Å². The van der Waals surface area contributed by atoms with Crippen LogP contribution in [0.5, 0.6) is 5.75 Å². The van der Waals surface area contributed by atoms with Crippen LogP contribution in [-0.4, -0.2) is 24.6 Å². The van der Waals surface area contributed by atoms with Gasteiger partial charge in [0.25, 0.3) is 0 Å². The van der Waals surface area contributed by atoms with Crippen LogP contribution in [0.4, 0.5) is 0 Å².